The molecule has 0 unspecified atom stereocenters. The largest absolute Gasteiger partial charge is 0.494 e. The third-order valence-corrected chi connectivity index (χ3v) is 2.28. The summed E-state index contributed by atoms with van der Waals surface area (Å²) in [7, 11) is 1.48. The summed E-state index contributed by atoms with van der Waals surface area (Å²) in [6.45, 7) is 0. The van der Waals surface area contributed by atoms with E-state index in [1.54, 1.807) is 24.5 Å². The van der Waals surface area contributed by atoms with E-state index in [9.17, 15) is 4.39 Å². The van der Waals surface area contributed by atoms with Crippen molar-refractivity contribution >= 4 is 17.1 Å². The first-order valence-corrected chi connectivity index (χ1v) is 5.01. The molecule has 0 spiro atoms. The van der Waals surface area contributed by atoms with E-state index in [0.29, 0.717) is 22.8 Å². The number of methoxy groups -OCH3 is 1. The molecule has 0 atom stereocenters. The van der Waals surface area contributed by atoms with Gasteiger partial charge in [-0.25, -0.2) is 4.39 Å². The summed E-state index contributed by atoms with van der Waals surface area (Å²) >= 11 is 0. The topological polar surface area (TPSA) is 60.2 Å². The molecular weight excluding hydrogens is 221 g/mol. The maximum Gasteiger partial charge on any atom is 0.145 e. The molecule has 0 aliphatic rings. The van der Waals surface area contributed by atoms with E-state index in [1.165, 1.54) is 19.2 Å². The molecule has 1 heterocycles. The lowest BCUT2D eigenvalue weighted by Gasteiger charge is -2.12. The fourth-order valence-electron chi connectivity index (χ4n) is 1.43. The van der Waals surface area contributed by atoms with Crippen LogP contribution in [0.1, 0.15) is 0 Å². The van der Waals surface area contributed by atoms with Gasteiger partial charge in [0.15, 0.2) is 0 Å². The Bertz CT molecular complexity index is 531. The lowest BCUT2D eigenvalue weighted by atomic mass is 10.2. The van der Waals surface area contributed by atoms with Crippen molar-refractivity contribution in [2.75, 3.05) is 18.2 Å². The monoisotopic (exact) mass is 233 g/mol. The first-order valence-electron chi connectivity index (χ1n) is 5.01. The van der Waals surface area contributed by atoms with Crippen molar-refractivity contribution in [3.8, 4) is 5.75 Å². The second-order valence-corrected chi connectivity index (χ2v) is 3.43. The molecule has 3 N–H and O–H groups in total. The summed E-state index contributed by atoms with van der Waals surface area (Å²) in [6.07, 6.45) is 3.16. The van der Waals surface area contributed by atoms with E-state index < -0.39 is 0 Å². The molecule has 4 nitrogen and oxygen atoms in total. The van der Waals surface area contributed by atoms with Crippen molar-refractivity contribution in [3.05, 3.63) is 42.5 Å². The van der Waals surface area contributed by atoms with Crippen molar-refractivity contribution in [3.63, 3.8) is 0 Å². The maximum absolute atomic E-state index is 13.0. The molecule has 0 bridgehead atoms. The van der Waals surface area contributed by atoms with E-state index in [2.05, 4.69) is 10.3 Å². The van der Waals surface area contributed by atoms with Gasteiger partial charge >= 0.3 is 0 Å². The van der Waals surface area contributed by atoms with Gasteiger partial charge in [-0.2, -0.15) is 0 Å². The normalized spacial score (nSPS) is 10.0. The van der Waals surface area contributed by atoms with E-state index >= 15 is 0 Å². The van der Waals surface area contributed by atoms with Crippen molar-refractivity contribution in [2.24, 2.45) is 0 Å². The Kier molecular flexibility index (Phi) is 3.09. The van der Waals surface area contributed by atoms with Gasteiger partial charge in [0.1, 0.15) is 11.6 Å². The summed E-state index contributed by atoms with van der Waals surface area (Å²) in [6, 6.07) is 5.98. The molecule has 0 aliphatic heterocycles. The van der Waals surface area contributed by atoms with E-state index in [1.807, 2.05) is 0 Å². The van der Waals surface area contributed by atoms with E-state index in [-0.39, 0.29) is 5.82 Å². The number of hydrogen-bond donors (Lipinski definition) is 2. The summed E-state index contributed by atoms with van der Waals surface area (Å²) in [5.41, 5.74) is 7.61. The minimum absolute atomic E-state index is 0.352. The van der Waals surface area contributed by atoms with Crippen molar-refractivity contribution < 1.29 is 9.13 Å². The zero-order valence-corrected chi connectivity index (χ0v) is 9.27. The number of nitrogens with two attached hydrogens (primary N) is 1. The Balaban J connectivity index is 2.33. The molecule has 0 aliphatic carbocycles. The fraction of sp³-hybridized carbons (Fsp3) is 0.0833. The van der Waals surface area contributed by atoms with Crippen molar-refractivity contribution in [1.29, 1.82) is 0 Å². The lowest BCUT2D eigenvalue weighted by molar-refractivity contribution is 0.413. The van der Waals surface area contributed by atoms with Crippen LogP contribution in [-0.4, -0.2) is 12.1 Å². The van der Waals surface area contributed by atoms with Crippen LogP contribution in [0.5, 0.6) is 5.75 Å². The van der Waals surface area contributed by atoms with Crippen LogP contribution in [0.3, 0.4) is 0 Å². The van der Waals surface area contributed by atoms with Crippen LogP contribution in [0.15, 0.2) is 36.7 Å². The van der Waals surface area contributed by atoms with Crippen molar-refractivity contribution in [1.82, 2.24) is 4.98 Å². The average Bonchev–Trinajstić information content (AvgIpc) is 2.34. The van der Waals surface area contributed by atoms with Crippen LogP contribution < -0.4 is 15.8 Å². The first-order chi connectivity index (χ1) is 8.20. The zero-order valence-electron chi connectivity index (χ0n) is 9.27. The number of nitrogens with zero attached hydrogens (tertiary/aromatic N) is 1. The third-order valence-electron chi connectivity index (χ3n) is 2.28. The Hall–Kier alpha value is -2.30. The number of nitrogen functional groups attached to an aromatic ring is 1. The molecule has 17 heavy (non-hydrogen) atoms. The highest BCUT2D eigenvalue weighted by atomic mass is 19.1. The van der Waals surface area contributed by atoms with Crippen LogP contribution in [0.4, 0.5) is 21.5 Å². The maximum atomic E-state index is 13.0. The van der Waals surface area contributed by atoms with E-state index in [4.69, 9.17) is 10.5 Å². The van der Waals surface area contributed by atoms with Crippen LogP contribution in [-0.2, 0) is 0 Å². The SMILES string of the molecule is COc1cc(F)ccc1Nc1ccncc1N. The van der Waals surface area contributed by atoms with Crippen LogP contribution in [0.25, 0.3) is 0 Å². The molecule has 1 aromatic carbocycles. The van der Waals surface area contributed by atoms with Gasteiger partial charge in [-0.3, -0.25) is 4.98 Å². The van der Waals surface area contributed by atoms with Crippen LogP contribution >= 0.6 is 0 Å². The molecule has 0 fully saturated rings. The first kappa shape index (κ1) is 11.2. The Morgan fingerprint density at radius 2 is 2.12 bits per heavy atom. The Morgan fingerprint density at radius 3 is 2.82 bits per heavy atom. The van der Waals surface area contributed by atoms with Gasteiger partial charge in [0, 0.05) is 12.3 Å². The molecule has 0 saturated heterocycles. The van der Waals surface area contributed by atoms with E-state index in [0.717, 1.165) is 0 Å². The number of pyridine rings is 1. The molecular formula is C12H12FN3O. The second-order valence-electron chi connectivity index (χ2n) is 3.43. The fourth-order valence-corrected chi connectivity index (χ4v) is 1.43. The predicted octanol–water partition coefficient (Wildman–Crippen LogP) is 2.56. The van der Waals surface area contributed by atoms with Crippen molar-refractivity contribution in [2.45, 2.75) is 0 Å². The minimum Gasteiger partial charge on any atom is -0.494 e. The smallest absolute Gasteiger partial charge is 0.145 e. The van der Waals surface area contributed by atoms with Crippen LogP contribution in [0.2, 0.25) is 0 Å². The lowest BCUT2D eigenvalue weighted by Crippen LogP contribution is -1.99. The Morgan fingerprint density at radius 1 is 1.29 bits per heavy atom. The molecule has 0 amide bonds. The third kappa shape index (κ3) is 2.44. The quantitative estimate of drug-likeness (QED) is 0.855. The molecule has 0 saturated carbocycles. The number of nitrogens with one attached hydrogen (secondary N) is 1. The molecule has 2 rings (SSSR count). The zero-order chi connectivity index (χ0) is 12.3. The summed E-state index contributed by atoms with van der Waals surface area (Å²) in [4.78, 5) is 3.89. The second kappa shape index (κ2) is 4.69. The highest BCUT2D eigenvalue weighted by Crippen LogP contribution is 2.29. The number of halogens is 1. The van der Waals surface area contributed by atoms with Gasteiger partial charge < -0.3 is 15.8 Å². The molecule has 1 aromatic heterocycles. The number of hydrogen-bond acceptors (Lipinski definition) is 4. The summed E-state index contributed by atoms with van der Waals surface area (Å²) in [5.74, 6) is 0.0660. The van der Waals surface area contributed by atoms with Crippen LogP contribution in [0, 0.1) is 5.82 Å². The van der Waals surface area contributed by atoms with Gasteiger partial charge in [-0.1, -0.05) is 0 Å². The van der Waals surface area contributed by atoms with Gasteiger partial charge in [0.25, 0.3) is 0 Å². The summed E-state index contributed by atoms with van der Waals surface area (Å²) < 4.78 is 18.1. The minimum atomic E-state index is -0.352. The van der Waals surface area contributed by atoms with Gasteiger partial charge in [-0.05, 0) is 18.2 Å². The molecule has 88 valence electrons. The summed E-state index contributed by atoms with van der Waals surface area (Å²) in [5, 5.41) is 3.06. The van der Waals surface area contributed by atoms with Gasteiger partial charge in [0.05, 0.1) is 30.4 Å². The average molecular weight is 233 g/mol. The highest BCUT2D eigenvalue weighted by Gasteiger charge is 2.06. The number of benzene rings is 1. The van der Waals surface area contributed by atoms with Gasteiger partial charge in [0.2, 0.25) is 0 Å². The Labute approximate surface area is 98.2 Å². The molecule has 2 aromatic rings. The number of rotatable bonds is 3. The number of ether oxygens (including phenoxy) is 1. The van der Waals surface area contributed by atoms with Gasteiger partial charge in [-0.15, -0.1) is 0 Å². The standard InChI is InChI=1S/C12H12FN3O/c1-17-12-6-8(13)2-3-11(12)16-10-4-5-15-7-9(10)14/h2-7H,14H2,1H3,(H,15,16). The highest BCUT2D eigenvalue weighted by molar-refractivity contribution is 5.74. The number of aromatic nitrogens is 1. The molecule has 5 heteroatoms. The predicted molar refractivity (Wildman–Crippen MR) is 64.9 cm³/mol. The molecule has 0 radical (unpaired) electrons. The number of anilines is 3.